The Labute approximate surface area is 192 Å². The average Bonchev–Trinajstić information content (AvgIpc) is 3.21. The number of carbonyl (C=O) groups excluding carboxylic acids is 2. The number of carboxylic acid groups (broad SMARTS) is 1. The lowest BCUT2D eigenvalue weighted by atomic mass is 9.94. The Morgan fingerprint density at radius 1 is 1.03 bits per heavy atom. The van der Waals surface area contributed by atoms with Crippen LogP contribution in [0.4, 0.5) is 10.5 Å². The molecule has 0 atom stereocenters. The Morgan fingerprint density at radius 3 is 2.53 bits per heavy atom. The highest BCUT2D eigenvalue weighted by molar-refractivity contribution is 6.31. The SMILES string of the molecule is O=C(CCCCN(CCc1ccccc1Cl)C(=O)O)c1cc2c3c(c1)CCN3C(=O)CC2. The number of hydrogen-bond donors (Lipinski definition) is 1. The fourth-order valence-electron chi connectivity index (χ4n) is 4.61. The molecule has 0 saturated carbocycles. The number of carbonyl (C=O) groups is 3. The van der Waals surface area contributed by atoms with E-state index in [1.54, 1.807) is 6.07 Å². The molecule has 2 aromatic rings. The van der Waals surface area contributed by atoms with Crippen molar-refractivity contribution in [2.75, 3.05) is 24.5 Å². The molecule has 0 aliphatic carbocycles. The zero-order valence-corrected chi connectivity index (χ0v) is 18.7. The maximum atomic E-state index is 12.8. The molecule has 0 radical (unpaired) electrons. The predicted molar refractivity (Wildman–Crippen MR) is 124 cm³/mol. The molecule has 2 amide bonds. The monoisotopic (exact) mass is 454 g/mol. The lowest BCUT2D eigenvalue weighted by molar-refractivity contribution is -0.118. The van der Waals surface area contributed by atoms with Crippen molar-refractivity contribution in [2.24, 2.45) is 0 Å². The van der Waals surface area contributed by atoms with Gasteiger partial charge in [-0.25, -0.2) is 4.79 Å². The highest BCUT2D eigenvalue weighted by Crippen LogP contribution is 2.37. The van der Waals surface area contributed by atoms with Gasteiger partial charge in [0.05, 0.1) is 5.69 Å². The highest BCUT2D eigenvalue weighted by atomic mass is 35.5. The fraction of sp³-hybridized carbons (Fsp3) is 0.400. The van der Waals surface area contributed by atoms with Crippen LogP contribution in [-0.4, -0.2) is 47.4 Å². The molecule has 2 heterocycles. The highest BCUT2D eigenvalue weighted by Gasteiger charge is 2.31. The zero-order valence-electron chi connectivity index (χ0n) is 18.0. The van der Waals surface area contributed by atoms with E-state index in [0.29, 0.717) is 68.7 Å². The summed E-state index contributed by atoms with van der Waals surface area (Å²) in [6.07, 6.45) is 3.24. The van der Waals surface area contributed by atoms with E-state index in [1.807, 2.05) is 35.2 Å². The summed E-state index contributed by atoms with van der Waals surface area (Å²) in [5, 5.41) is 10.1. The zero-order chi connectivity index (χ0) is 22.7. The molecule has 168 valence electrons. The summed E-state index contributed by atoms with van der Waals surface area (Å²) < 4.78 is 0. The first-order valence-electron chi connectivity index (χ1n) is 11.1. The molecule has 4 rings (SSSR count). The molecular weight excluding hydrogens is 428 g/mol. The van der Waals surface area contributed by atoms with Crippen molar-refractivity contribution in [1.82, 2.24) is 4.90 Å². The number of aryl methyl sites for hydroxylation is 1. The van der Waals surface area contributed by atoms with Gasteiger partial charge < -0.3 is 14.9 Å². The maximum Gasteiger partial charge on any atom is 0.407 e. The van der Waals surface area contributed by atoms with Crippen LogP contribution in [0.3, 0.4) is 0 Å². The largest absolute Gasteiger partial charge is 0.465 e. The number of benzene rings is 2. The van der Waals surface area contributed by atoms with Crippen LogP contribution in [0.5, 0.6) is 0 Å². The minimum Gasteiger partial charge on any atom is -0.465 e. The van der Waals surface area contributed by atoms with Gasteiger partial charge in [0.15, 0.2) is 5.78 Å². The van der Waals surface area contributed by atoms with Crippen molar-refractivity contribution in [1.29, 1.82) is 0 Å². The molecule has 2 aromatic carbocycles. The van der Waals surface area contributed by atoms with Gasteiger partial charge in [-0.3, -0.25) is 9.59 Å². The predicted octanol–water partition coefficient (Wildman–Crippen LogP) is 4.75. The Kier molecular flexibility index (Phi) is 6.80. The number of anilines is 1. The summed E-state index contributed by atoms with van der Waals surface area (Å²) in [5.74, 6) is 0.255. The van der Waals surface area contributed by atoms with E-state index in [9.17, 15) is 19.5 Å². The maximum absolute atomic E-state index is 12.8. The van der Waals surface area contributed by atoms with Crippen molar-refractivity contribution in [3.63, 3.8) is 0 Å². The third kappa shape index (κ3) is 4.80. The minimum atomic E-state index is -0.958. The molecular formula is C25H27ClN2O4. The van der Waals surface area contributed by atoms with Gasteiger partial charge >= 0.3 is 6.09 Å². The third-order valence-corrected chi connectivity index (χ3v) is 6.70. The Bertz CT molecular complexity index is 1050. The molecule has 0 bridgehead atoms. The van der Waals surface area contributed by atoms with Gasteiger partial charge in [-0.15, -0.1) is 0 Å². The van der Waals surface area contributed by atoms with E-state index in [-0.39, 0.29) is 11.7 Å². The average molecular weight is 455 g/mol. The molecule has 2 aliphatic heterocycles. The van der Waals surface area contributed by atoms with E-state index < -0.39 is 6.09 Å². The summed E-state index contributed by atoms with van der Waals surface area (Å²) >= 11 is 6.16. The smallest absolute Gasteiger partial charge is 0.407 e. The second-order valence-corrected chi connectivity index (χ2v) is 8.84. The van der Waals surface area contributed by atoms with E-state index in [2.05, 4.69) is 0 Å². The molecule has 1 N–H and O–H groups in total. The van der Waals surface area contributed by atoms with Gasteiger partial charge in [-0.05, 0) is 67.0 Å². The van der Waals surface area contributed by atoms with Crippen molar-refractivity contribution in [3.8, 4) is 0 Å². The van der Waals surface area contributed by atoms with E-state index in [0.717, 1.165) is 28.8 Å². The number of halogens is 1. The van der Waals surface area contributed by atoms with Crippen molar-refractivity contribution < 1.29 is 19.5 Å². The molecule has 0 saturated heterocycles. The van der Waals surface area contributed by atoms with Gasteiger partial charge in [0.25, 0.3) is 0 Å². The second-order valence-electron chi connectivity index (χ2n) is 8.43. The molecule has 0 fully saturated rings. The van der Waals surface area contributed by atoms with Gasteiger partial charge in [0.2, 0.25) is 5.91 Å². The quantitative estimate of drug-likeness (QED) is 0.438. The molecule has 0 spiro atoms. The molecule has 0 aromatic heterocycles. The topological polar surface area (TPSA) is 77.9 Å². The van der Waals surface area contributed by atoms with E-state index in [1.165, 1.54) is 4.90 Å². The fourth-order valence-corrected chi connectivity index (χ4v) is 4.84. The van der Waals surface area contributed by atoms with E-state index >= 15 is 0 Å². The van der Waals surface area contributed by atoms with Crippen LogP contribution < -0.4 is 4.90 Å². The number of ketones is 1. The Hall–Kier alpha value is -2.86. The number of hydrogen-bond acceptors (Lipinski definition) is 3. The van der Waals surface area contributed by atoms with Gasteiger partial charge in [0.1, 0.15) is 0 Å². The number of Topliss-reactive ketones (excluding diaryl/α,β-unsaturated/α-hetero) is 1. The van der Waals surface area contributed by atoms with E-state index in [4.69, 9.17) is 11.6 Å². The van der Waals surface area contributed by atoms with Crippen molar-refractivity contribution in [3.05, 3.63) is 63.7 Å². The number of amides is 2. The lowest BCUT2D eigenvalue weighted by Gasteiger charge is -2.25. The second kappa shape index (κ2) is 9.74. The normalized spacial score (nSPS) is 14.4. The molecule has 0 unspecified atom stereocenters. The first-order chi connectivity index (χ1) is 15.4. The lowest BCUT2D eigenvalue weighted by Crippen LogP contribution is -2.33. The first-order valence-corrected chi connectivity index (χ1v) is 11.5. The molecule has 2 aliphatic rings. The van der Waals surface area contributed by atoms with Crippen LogP contribution in [-0.2, 0) is 24.1 Å². The van der Waals surface area contributed by atoms with Crippen LogP contribution in [0.25, 0.3) is 0 Å². The van der Waals surface area contributed by atoms with Crippen LogP contribution >= 0.6 is 11.6 Å². The molecule has 7 heteroatoms. The third-order valence-electron chi connectivity index (χ3n) is 6.33. The number of nitrogens with zero attached hydrogens (tertiary/aromatic N) is 2. The molecule has 6 nitrogen and oxygen atoms in total. The Balaban J connectivity index is 1.29. The van der Waals surface area contributed by atoms with Crippen molar-refractivity contribution in [2.45, 2.75) is 44.9 Å². The summed E-state index contributed by atoms with van der Waals surface area (Å²) in [5.41, 5.74) is 4.85. The number of unbranched alkanes of at least 4 members (excludes halogenated alkanes) is 1. The molecule has 32 heavy (non-hydrogen) atoms. The summed E-state index contributed by atoms with van der Waals surface area (Å²) in [4.78, 5) is 39.7. The van der Waals surface area contributed by atoms with Gasteiger partial charge in [-0.1, -0.05) is 29.8 Å². The minimum absolute atomic E-state index is 0.0809. The van der Waals surface area contributed by atoms with Crippen LogP contribution in [0.1, 0.15) is 52.7 Å². The first kappa shape index (κ1) is 22.3. The van der Waals surface area contributed by atoms with Crippen LogP contribution in [0, 0.1) is 0 Å². The Morgan fingerprint density at radius 2 is 1.78 bits per heavy atom. The van der Waals surface area contributed by atoms with Gasteiger partial charge in [-0.2, -0.15) is 0 Å². The summed E-state index contributed by atoms with van der Waals surface area (Å²) in [6, 6.07) is 11.3. The van der Waals surface area contributed by atoms with Crippen LogP contribution in [0.2, 0.25) is 5.02 Å². The summed E-state index contributed by atoms with van der Waals surface area (Å²) in [6.45, 7) is 1.47. The van der Waals surface area contributed by atoms with Crippen molar-refractivity contribution >= 4 is 35.1 Å². The summed E-state index contributed by atoms with van der Waals surface area (Å²) in [7, 11) is 0. The number of rotatable bonds is 9. The van der Waals surface area contributed by atoms with Gasteiger partial charge in [0, 0.05) is 43.1 Å². The van der Waals surface area contributed by atoms with Crippen LogP contribution in [0.15, 0.2) is 36.4 Å². The standard InChI is InChI=1S/C25H27ClN2O4/c26-21-6-2-1-5-17(21)10-13-27(25(31)32)12-4-3-7-22(29)20-15-18-8-9-23(30)28-14-11-19(16-20)24(18)28/h1-2,5-6,15-16H,3-4,7-14H2,(H,31,32).